The zero-order valence-corrected chi connectivity index (χ0v) is 11.0. The van der Waals surface area contributed by atoms with Gasteiger partial charge in [0.05, 0.1) is 0 Å². The molecule has 0 saturated carbocycles. The summed E-state index contributed by atoms with van der Waals surface area (Å²) < 4.78 is 2.13. The van der Waals surface area contributed by atoms with Gasteiger partial charge in [0.1, 0.15) is 0 Å². The summed E-state index contributed by atoms with van der Waals surface area (Å²) in [6, 6.07) is 8.15. The number of H-pyrrole nitrogens is 1. The van der Waals surface area contributed by atoms with Crippen molar-refractivity contribution in [1.82, 2.24) is 23.7 Å². The smallest absolute Gasteiger partial charge is 0.204 e. The Morgan fingerprint density at radius 2 is 2.19 bits per heavy atom. The van der Waals surface area contributed by atoms with Gasteiger partial charge in [-0.1, -0.05) is 24.3 Å². The molecule has 1 heterocycles. The quantitative estimate of drug-likeness (QED) is 0.685. The van der Waals surface area contributed by atoms with Crippen molar-refractivity contribution in [2.75, 3.05) is 13.6 Å². The fourth-order valence-corrected chi connectivity index (χ4v) is 1.75. The van der Waals surface area contributed by atoms with Crippen molar-refractivity contribution in [3.05, 3.63) is 29.8 Å². The van der Waals surface area contributed by atoms with Gasteiger partial charge in [-0.2, -0.15) is 5.21 Å². The molecule has 0 fully saturated rings. The third-order valence-electron chi connectivity index (χ3n) is 2.29. The highest BCUT2D eigenvalue weighted by molar-refractivity contribution is 14.1. The monoisotopic (exact) mass is 329 g/mol. The first kappa shape index (κ1) is 11.5. The average Bonchev–Trinajstić information content (AvgIpc) is 2.80. The summed E-state index contributed by atoms with van der Waals surface area (Å²) in [5, 5.41) is 14.1. The lowest BCUT2D eigenvalue weighted by molar-refractivity contribution is 0.611. The van der Waals surface area contributed by atoms with Crippen molar-refractivity contribution in [3.8, 4) is 11.4 Å². The maximum Gasteiger partial charge on any atom is 0.204 e. The molecule has 0 radical (unpaired) electrons. The molecular formula is C10H12IN5. The third kappa shape index (κ3) is 2.76. The Balaban J connectivity index is 2.24. The van der Waals surface area contributed by atoms with Gasteiger partial charge in [-0.25, -0.2) is 0 Å². The minimum atomic E-state index is 0.659. The maximum absolute atomic E-state index is 4.01. The topological polar surface area (TPSA) is 57.7 Å². The predicted molar refractivity (Wildman–Crippen MR) is 70.0 cm³/mol. The van der Waals surface area contributed by atoms with Crippen LogP contribution in [0.3, 0.4) is 0 Å². The Morgan fingerprint density at radius 1 is 1.38 bits per heavy atom. The van der Waals surface area contributed by atoms with Crippen molar-refractivity contribution in [2.45, 2.75) is 6.42 Å². The highest BCUT2D eigenvalue weighted by Crippen LogP contribution is 2.19. The van der Waals surface area contributed by atoms with Crippen molar-refractivity contribution in [1.29, 1.82) is 0 Å². The van der Waals surface area contributed by atoms with Gasteiger partial charge in [0.25, 0.3) is 0 Å². The average molecular weight is 329 g/mol. The standard InChI is InChI=1S/C10H12IN5/c1-16(11)7-6-8-4-2-3-5-9(8)10-12-14-15-13-10/h2-5H,6-7H2,1H3,(H,12,13,14,15). The number of nitrogens with zero attached hydrogens (tertiary/aromatic N) is 4. The van der Waals surface area contributed by atoms with E-state index < -0.39 is 0 Å². The van der Waals surface area contributed by atoms with E-state index in [-0.39, 0.29) is 0 Å². The molecule has 1 aromatic heterocycles. The van der Waals surface area contributed by atoms with Crippen LogP contribution in [0.4, 0.5) is 0 Å². The molecule has 1 aromatic carbocycles. The van der Waals surface area contributed by atoms with Crippen LogP contribution < -0.4 is 0 Å². The van der Waals surface area contributed by atoms with E-state index in [1.54, 1.807) is 0 Å². The van der Waals surface area contributed by atoms with Gasteiger partial charge in [0, 0.05) is 35.0 Å². The predicted octanol–water partition coefficient (Wildman–Crippen LogP) is 1.69. The van der Waals surface area contributed by atoms with E-state index in [0.717, 1.165) is 18.5 Å². The number of aromatic amines is 1. The maximum atomic E-state index is 4.01. The number of hydrogen-bond donors (Lipinski definition) is 1. The molecule has 0 aliphatic carbocycles. The molecule has 0 aliphatic rings. The molecule has 6 heteroatoms. The Kier molecular flexibility index (Phi) is 3.83. The van der Waals surface area contributed by atoms with Crippen molar-refractivity contribution in [2.24, 2.45) is 0 Å². The molecule has 84 valence electrons. The van der Waals surface area contributed by atoms with E-state index in [1.807, 2.05) is 18.2 Å². The molecule has 0 spiro atoms. The number of rotatable bonds is 4. The summed E-state index contributed by atoms with van der Waals surface area (Å²) in [5.41, 5.74) is 2.29. The molecule has 0 atom stereocenters. The summed E-state index contributed by atoms with van der Waals surface area (Å²) in [5.74, 6) is 0.659. The van der Waals surface area contributed by atoms with Crippen LogP contribution in [0.25, 0.3) is 11.4 Å². The second kappa shape index (κ2) is 5.35. The van der Waals surface area contributed by atoms with Gasteiger partial charge in [-0.15, -0.1) is 10.2 Å². The van der Waals surface area contributed by atoms with Gasteiger partial charge in [0.2, 0.25) is 5.82 Å². The van der Waals surface area contributed by atoms with Crippen LogP contribution in [0.1, 0.15) is 5.56 Å². The van der Waals surface area contributed by atoms with Crippen LogP contribution in [0, 0.1) is 0 Å². The molecular weight excluding hydrogens is 317 g/mol. The van der Waals surface area contributed by atoms with E-state index in [0.29, 0.717) is 5.82 Å². The number of halogens is 1. The van der Waals surface area contributed by atoms with Crippen LogP contribution in [-0.4, -0.2) is 37.3 Å². The summed E-state index contributed by atoms with van der Waals surface area (Å²) in [4.78, 5) is 0. The van der Waals surface area contributed by atoms with Crippen molar-refractivity contribution >= 4 is 22.9 Å². The van der Waals surface area contributed by atoms with Gasteiger partial charge in [-0.05, 0) is 24.2 Å². The molecule has 0 unspecified atom stereocenters. The van der Waals surface area contributed by atoms with Gasteiger partial charge >= 0.3 is 0 Å². The first-order chi connectivity index (χ1) is 7.77. The molecule has 5 nitrogen and oxygen atoms in total. The largest absolute Gasteiger partial charge is 0.250 e. The zero-order chi connectivity index (χ0) is 11.4. The van der Waals surface area contributed by atoms with E-state index in [4.69, 9.17) is 0 Å². The Labute approximate surface area is 108 Å². The lowest BCUT2D eigenvalue weighted by Crippen LogP contribution is -2.09. The first-order valence-electron chi connectivity index (χ1n) is 4.96. The summed E-state index contributed by atoms with van der Waals surface area (Å²) in [6.45, 7) is 0.995. The number of aromatic nitrogens is 4. The van der Waals surface area contributed by atoms with E-state index in [9.17, 15) is 0 Å². The highest BCUT2D eigenvalue weighted by Gasteiger charge is 2.08. The summed E-state index contributed by atoms with van der Waals surface area (Å²) >= 11 is 2.28. The Hall–Kier alpha value is -1.02. The van der Waals surface area contributed by atoms with Crippen LogP contribution in [-0.2, 0) is 6.42 Å². The second-order valence-electron chi connectivity index (χ2n) is 3.47. The third-order valence-corrected chi connectivity index (χ3v) is 2.78. The fraction of sp³-hybridized carbons (Fsp3) is 0.300. The number of likely N-dealkylation sites (N-methyl/N-ethyl adjacent to an activating group) is 1. The van der Waals surface area contributed by atoms with Crippen molar-refractivity contribution < 1.29 is 0 Å². The fourth-order valence-electron chi connectivity index (χ4n) is 1.51. The summed E-state index contributed by atoms with van der Waals surface area (Å²) in [7, 11) is 2.05. The first-order valence-corrected chi connectivity index (χ1v) is 5.92. The number of benzene rings is 1. The van der Waals surface area contributed by atoms with Crippen LogP contribution >= 0.6 is 22.9 Å². The minimum Gasteiger partial charge on any atom is -0.250 e. The molecule has 0 aliphatic heterocycles. The summed E-state index contributed by atoms with van der Waals surface area (Å²) in [6.07, 6.45) is 0.976. The zero-order valence-electron chi connectivity index (χ0n) is 8.89. The van der Waals surface area contributed by atoms with E-state index >= 15 is 0 Å². The van der Waals surface area contributed by atoms with Crippen LogP contribution in [0.2, 0.25) is 0 Å². The minimum absolute atomic E-state index is 0.659. The van der Waals surface area contributed by atoms with Crippen LogP contribution in [0.5, 0.6) is 0 Å². The highest BCUT2D eigenvalue weighted by atomic mass is 127. The Bertz CT molecular complexity index is 440. The van der Waals surface area contributed by atoms with Gasteiger partial charge < -0.3 is 0 Å². The molecule has 0 saturated heterocycles. The lowest BCUT2D eigenvalue weighted by atomic mass is 10.0. The van der Waals surface area contributed by atoms with Crippen LogP contribution in [0.15, 0.2) is 24.3 Å². The molecule has 1 N–H and O–H groups in total. The Morgan fingerprint density at radius 3 is 2.88 bits per heavy atom. The molecule has 2 rings (SSSR count). The molecule has 2 aromatic rings. The molecule has 16 heavy (non-hydrogen) atoms. The molecule has 0 amide bonds. The van der Waals surface area contributed by atoms with Gasteiger partial charge in [0.15, 0.2) is 0 Å². The van der Waals surface area contributed by atoms with Gasteiger partial charge in [-0.3, -0.25) is 3.11 Å². The second-order valence-corrected chi connectivity index (χ2v) is 5.12. The van der Waals surface area contributed by atoms with E-state index in [2.05, 4.69) is 59.7 Å². The lowest BCUT2D eigenvalue weighted by Gasteiger charge is -2.09. The van der Waals surface area contributed by atoms with E-state index in [1.165, 1.54) is 5.56 Å². The van der Waals surface area contributed by atoms with Crippen molar-refractivity contribution in [3.63, 3.8) is 0 Å². The SMILES string of the molecule is CN(I)CCc1ccccc1-c1nn[nH]n1. The number of hydrogen-bond acceptors (Lipinski definition) is 4. The number of nitrogens with one attached hydrogen (secondary N) is 1. The molecule has 0 bridgehead atoms. The number of tetrazole rings is 1. The normalized spacial score (nSPS) is 10.9.